The van der Waals surface area contributed by atoms with Gasteiger partial charge >= 0.3 is 0 Å². The van der Waals surface area contributed by atoms with Crippen molar-refractivity contribution in [3.63, 3.8) is 0 Å². The van der Waals surface area contributed by atoms with Gasteiger partial charge < -0.3 is 0 Å². The highest BCUT2D eigenvalue weighted by Gasteiger charge is 2.13. The van der Waals surface area contributed by atoms with Gasteiger partial charge in [-0.2, -0.15) is 5.26 Å². The highest BCUT2D eigenvalue weighted by Crippen LogP contribution is 2.39. The van der Waals surface area contributed by atoms with Gasteiger partial charge in [0.25, 0.3) is 0 Å². The molecule has 6 nitrogen and oxygen atoms in total. The van der Waals surface area contributed by atoms with Gasteiger partial charge in [-0.25, -0.2) is 14.8 Å². The van der Waals surface area contributed by atoms with Crippen molar-refractivity contribution in [3.8, 4) is 51.1 Å². The first-order chi connectivity index (χ1) is 22.7. The number of hydrogen-bond donors (Lipinski definition) is 0. The minimum absolute atomic E-state index is 0.483. The van der Waals surface area contributed by atoms with Gasteiger partial charge in [0.2, 0.25) is 5.69 Å². The van der Waals surface area contributed by atoms with Crippen LogP contribution in [0.4, 0.5) is 5.69 Å². The smallest absolute Gasteiger partial charge is 0.205 e. The molecule has 8 aromatic rings. The fourth-order valence-corrected chi connectivity index (χ4v) is 6.06. The monoisotopic (exact) mass is 586 g/mol. The molecular weight excluding hydrogens is 564 g/mol. The Morgan fingerprint density at radius 1 is 0.478 bits per heavy atom. The molecule has 0 aliphatic heterocycles. The first-order valence-corrected chi connectivity index (χ1v) is 14.7. The summed E-state index contributed by atoms with van der Waals surface area (Å²) in [7, 11) is 0. The number of rotatable bonds is 4. The van der Waals surface area contributed by atoms with Gasteiger partial charge in [-0.15, -0.1) is 0 Å². The van der Waals surface area contributed by atoms with Gasteiger partial charge in [-0.05, 0) is 80.8 Å². The maximum absolute atomic E-state index is 9.35. The Labute approximate surface area is 264 Å². The van der Waals surface area contributed by atoms with Crippen LogP contribution in [0.3, 0.4) is 0 Å². The third kappa shape index (κ3) is 4.68. The van der Waals surface area contributed by atoms with Gasteiger partial charge in [0.05, 0.1) is 34.9 Å². The molecule has 0 N–H and O–H groups in total. The van der Waals surface area contributed by atoms with E-state index in [0.29, 0.717) is 11.3 Å². The lowest BCUT2D eigenvalue weighted by Gasteiger charge is -2.14. The number of pyridine rings is 4. The predicted octanol–water partition coefficient (Wildman–Crippen LogP) is 9.82. The Balaban J connectivity index is 1.30. The van der Waals surface area contributed by atoms with Crippen LogP contribution in [0.1, 0.15) is 5.56 Å². The van der Waals surface area contributed by atoms with E-state index in [1.807, 2.05) is 48.5 Å². The molecule has 0 radical (unpaired) electrons. The number of benzene rings is 4. The normalized spacial score (nSPS) is 11.0. The van der Waals surface area contributed by atoms with Gasteiger partial charge in [-0.3, -0.25) is 9.97 Å². The van der Waals surface area contributed by atoms with Crippen LogP contribution in [0.25, 0.3) is 82.2 Å². The molecule has 0 fully saturated rings. The maximum Gasteiger partial charge on any atom is 0.205 e. The molecule has 4 aromatic heterocycles. The minimum atomic E-state index is 0.483. The first kappa shape index (κ1) is 26.8. The van der Waals surface area contributed by atoms with Crippen molar-refractivity contribution in [1.29, 1.82) is 5.26 Å². The van der Waals surface area contributed by atoms with Crippen LogP contribution >= 0.6 is 0 Å². The Hall–Kier alpha value is -6.76. The standard InChI is InChI=1S/C40H22N6/c1-42-30-17-29(23-44-24-30)40-11-5-9-38(46-40)27-13-15-34-32-7-3-2-6-31(32)33-14-12-26(18-35(33)36(34)19-27)37-8-4-10-39(45-37)28-16-25(20-41)21-43-22-28/h2-19,21-24H. The molecular formula is C40H22N6. The zero-order valence-corrected chi connectivity index (χ0v) is 24.4. The second kappa shape index (κ2) is 11.1. The Bertz CT molecular complexity index is 2400. The van der Waals surface area contributed by atoms with Crippen molar-refractivity contribution >= 4 is 38.0 Å². The van der Waals surface area contributed by atoms with E-state index in [4.69, 9.17) is 16.5 Å². The van der Waals surface area contributed by atoms with E-state index in [-0.39, 0.29) is 0 Å². The lowest BCUT2D eigenvalue weighted by atomic mass is 9.91. The SMILES string of the molecule is [C-]#[N+]c1cncc(-c2cccc(-c3ccc4c5ccccc5c5ccc(-c6cccc(-c7cncc(C#N)c7)n6)cc5c4c3)n2)c1. The summed E-state index contributed by atoms with van der Waals surface area (Å²) in [5.41, 5.74) is 7.78. The Morgan fingerprint density at radius 3 is 1.52 bits per heavy atom. The van der Waals surface area contributed by atoms with Crippen LogP contribution in [0.5, 0.6) is 0 Å². The van der Waals surface area contributed by atoms with Gasteiger partial charge in [0.15, 0.2) is 0 Å². The van der Waals surface area contributed by atoms with Gasteiger partial charge in [0.1, 0.15) is 6.07 Å². The lowest BCUT2D eigenvalue weighted by molar-refractivity contribution is 1.26. The predicted molar refractivity (Wildman–Crippen MR) is 183 cm³/mol. The van der Waals surface area contributed by atoms with Crippen molar-refractivity contribution < 1.29 is 0 Å². The van der Waals surface area contributed by atoms with Crippen LogP contribution in [0, 0.1) is 17.9 Å². The molecule has 0 saturated heterocycles. The Kier molecular flexibility index (Phi) is 6.45. The van der Waals surface area contributed by atoms with Crippen LogP contribution in [0.15, 0.2) is 134 Å². The second-order valence-electron chi connectivity index (χ2n) is 11.0. The van der Waals surface area contributed by atoms with Crippen LogP contribution < -0.4 is 0 Å². The van der Waals surface area contributed by atoms with E-state index in [2.05, 4.69) is 81.5 Å². The van der Waals surface area contributed by atoms with Crippen LogP contribution in [-0.2, 0) is 0 Å². The molecule has 212 valence electrons. The number of nitriles is 1. The number of nitrogens with zero attached hydrogens (tertiary/aromatic N) is 6. The summed E-state index contributed by atoms with van der Waals surface area (Å²) < 4.78 is 0. The maximum atomic E-state index is 9.35. The molecule has 0 amide bonds. The van der Waals surface area contributed by atoms with E-state index in [0.717, 1.165) is 66.6 Å². The third-order valence-corrected chi connectivity index (χ3v) is 8.24. The molecule has 4 aromatic carbocycles. The second-order valence-corrected chi connectivity index (χ2v) is 11.0. The topological polar surface area (TPSA) is 79.7 Å². The zero-order chi connectivity index (χ0) is 31.0. The molecule has 8 rings (SSSR count). The zero-order valence-electron chi connectivity index (χ0n) is 24.4. The number of aromatic nitrogens is 4. The van der Waals surface area contributed by atoms with Crippen LogP contribution in [0.2, 0.25) is 0 Å². The summed E-state index contributed by atoms with van der Waals surface area (Å²) >= 11 is 0. The molecule has 0 aliphatic rings. The summed E-state index contributed by atoms with van der Waals surface area (Å²) in [5, 5.41) is 16.3. The summed E-state index contributed by atoms with van der Waals surface area (Å²) in [6.07, 6.45) is 6.58. The summed E-state index contributed by atoms with van der Waals surface area (Å²) in [4.78, 5) is 21.9. The van der Waals surface area contributed by atoms with Crippen molar-refractivity contribution in [3.05, 3.63) is 151 Å². The molecule has 0 bridgehead atoms. The lowest BCUT2D eigenvalue weighted by Crippen LogP contribution is -1.91. The van der Waals surface area contributed by atoms with Crippen molar-refractivity contribution in [1.82, 2.24) is 19.9 Å². The molecule has 0 unspecified atom stereocenters. The summed E-state index contributed by atoms with van der Waals surface area (Å²) in [5.74, 6) is 0. The molecule has 0 atom stereocenters. The van der Waals surface area contributed by atoms with E-state index in [1.54, 1.807) is 24.8 Å². The Morgan fingerprint density at radius 2 is 0.978 bits per heavy atom. The highest BCUT2D eigenvalue weighted by molar-refractivity contribution is 6.26. The van der Waals surface area contributed by atoms with Crippen molar-refractivity contribution in [2.24, 2.45) is 0 Å². The average molecular weight is 587 g/mol. The van der Waals surface area contributed by atoms with Gasteiger partial charge in [0, 0.05) is 47.0 Å². The van der Waals surface area contributed by atoms with E-state index in [1.165, 1.54) is 10.8 Å². The summed E-state index contributed by atoms with van der Waals surface area (Å²) in [6.45, 7) is 7.36. The van der Waals surface area contributed by atoms with Gasteiger partial charge in [-0.1, -0.05) is 60.7 Å². The molecule has 46 heavy (non-hydrogen) atoms. The van der Waals surface area contributed by atoms with Crippen LogP contribution in [-0.4, -0.2) is 19.9 Å². The number of hydrogen-bond acceptors (Lipinski definition) is 5. The molecule has 0 saturated carbocycles. The minimum Gasteiger partial charge on any atom is -0.276 e. The highest BCUT2D eigenvalue weighted by atomic mass is 14.8. The fraction of sp³-hybridized carbons (Fsp3) is 0. The molecule has 4 heterocycles. The molecule has 0 aliphatic carbocycles. The quantitative estimate of drug-likeness (QED) is 0.151. The average Bonchev–Trinajstić information content (AvgIpc) is 3.14. The van der Waals surface area contributed by atoms with E-state index < -0.39 is 0 Å². The first-order valence-electron chi connectivity index (χ1n) is 14.7. The molecule has 6 heteroatoms. The largest absolute Gasteiger partial charge is 0.276 e. The molecule has 0 spiro atoms. The third-order valence-electron chi connectivity index (χ3n) is 8.24. The van der Waals surface area contributed by atoms with Crippen molar-refractivity contribution in [2.45, 2.75) is 0 Å². The van der Waals surface area contributed by atoms with E-state index >= 15 is 0 Å². The van der Waals surface area contributed by atoms with E-state index in [9.17, 15) is 5.26 Å². The summed E-state index contributed by atoms with van der Waals surface area (Å²) in [6, 6.07) is 39.2. The fourth-order valence-electron chi connectivity index (χ4n) is 6.06. The van der Waals surface area contributed by atoms with Crippen molar-refractivity contribution in [2.75, 3.05) is 0 Å². The number of fused-ring (bicyclic) bond motifs is 6.